The molecule has 0 aliphatic heterocycles. The van der Waals surface area contributed by atoms with Crippen molar-refractivity contribution < 1.29 is 4.79 Å². The zero-order valence-electron chi connectivity index (χ0n) is 11.9. The molecule has 1 fully saturated rings. The summed E-state index contributed by atoms with van der Waals surface area (Å²) >= 11 is 0. The normalized spacial score (nSPS) is 15.8. The summed E-state index contributed by atoms with van der Waals surface area (Å²) in [5.41, 5.74) is 2.04. The number of amides is 1. The molecule has 1 aromatic heterocycles. The van der Waals surface area contributed by atoms with Crippen LogP contribution in [0.5, 0.6) is 0 Å². The Morgan fingerprint density at radius 1 is 1.35 bits per heavy atom. The molecule has 4 heteroatoms. The number of nitrogens with one attached hydrogen (secondary N) is 1. The summed E-state index contributed by atoms with van der Waals surface area (Å²) in [7, 11) is 0. The Kier molecular flexibility index (Phi) is 3.72. The molecule has 3 rings (SSSR count). The molecule has 0 bridgehead atoms. The Labute approximate surface area is 119 Å². The van der Waals surface area contributed by atoms with Crippen molar-refractivity contribution >= 4 is 22.9 Å². The number of carbonyl (C=O) groups is 1. The van der Waals surface area contributed by atoms with Gasteiger partial charge in [0, 0.05) is 12.5 Å². The molecule has 0 unspecified atom stereocenters. The third kappa shape index (κ3) is 2.42. The van der Waals surface area contributed by atoms with Gasteiger partial charge in [0.15, 0.2) is 0 Å². The van der Waals surface area contributed by atoms with Gasteiger partial charge in [-0.15, -0.1) is 0 Å². The first-order chi connectivity index (χ1) is 9.79. The number of para-hydroxylation sites is 2. The van der Waals surface area contributed by atoms with Gasteiger partial charge < -0.3 is 4.57 Å². The highest BCUT2D eigenvalue weighted by molar-refractivity contribution is 5.93. The number of imidazole rings is 1. The fourth-order valence-electron chi connectivity index (χ4n) is 3.02. The van der Waals surface area contributed by atoms with E-state index in [1.54, 1.807) is 0 Å². The molecule has 20 heavy (non-hydrogen) atoms. The Balaban J connectivity index is 1.89. The minimum Gasteiger partial charge on any atom is -0.310 e. The summed E-state index contributed by atoms with van der Waals surface area (Å²) in [5, 5.41) is 3.04. The number of fused-ring (bicyclic) bond motifs is 1. The van der Waals surface area contributed by atoms with Crippen LogP contribution in [-0.4, -0.2) is 15.5 Å². The molecule has 1 saturated carbocycles. The van der Waals surface area contributed by atoms with Crippen molar-refractivity contribution in [3.63, 3.8) is 0 Å². The van der Waals surface area contributed by atoms with Crippen LogP contribution in [0.15, 0.2) is 24.3 Å². The number of hydrogen-bond donors (Lipinski definition) is 1. The number of hydrogen-bond acceptors (Lipinski definition) is 2. The average Bonchev–Trinajstić information content (AvgIpc) is 3.08. The fourth-order valence-corrected chi connectivity index (χ4v) is 3.02. The first kappa shape index (κ1) is 13.2. The summed E-state index contributed by atoms with van der Waals surface area (Å²) in [6.07, 6.45) is 5.39. The minimum absolute atomic E-state index is 0.134. The van der Waals surface area contributed by atoms with Crippen molar-refractivity contribution in [2.45, 2.75) is 45.6 Å². The monoisotopic (exact) mass is 271 g/mol. The van der Waals surface area contributed by atoms with E-state index in [2.05, 4.69) is 27.9 Å². The first-order valence-electron chi connectivity index (χ1n) is 7.55. The molecule has 4 nitrogen and oxygen atoms in total. The number of rotatable bonds is 4. The van der Waals surface area contributed by atoms with Gasteiger partial charge in [-0.2, -0.15) is 0 Å². The lowest BCUT2D eigenvalue weighted by Gasteiger charge is -2.12. The Morgan fingerprint density at radius 3 is 2.85 bits per heavy atom. The maximum absolute atomic E-state index is 12.3. The second-order valence-corrected chi connectivity index (χ2v) is 5.55. The summed E-state index contributed by atoms with van der Waals surface area (Å²) < 4.78 is 2.11. The van der Waals surface area contributed by atoms with Gasteiger partial charge in [-0.05, 0) is 31.4 Å². The Morgan fingerprint density at radius 2 is 2.10 bits per heavy atom. The predicted octanol–water partition coefficient (Wildman–Crippen LogP) is 3.58. The highest BCUT2D eigenvalue weighted by Gasteiger charge is 2.24. The SMILES string of the molecule is CCCn1c(NC(=O)C2CCCC2)nc2ccccc21. The van der Waals surface area contributed by atoms with Crippen LogP contribution in [0.25, 0.3) is 11.0 Å². The maximum atomic E-state index is 12.3. The second-order valence-electron chi connectivity index (χ2n) is 5.55. The van der Waals surface area contributed by atoms with Crippen LogP contribution in [0.1, 0.15) is 39.0 Å². The Bertz CT molecular complexity index is 611. The van der Waals surface area contributed by atoms with Crippen molar-refractivity contribution in [1.82, 2.24) is 9.55 Å². The van der Waals surface area contributed by atoms with Crippen molar-refractivity contribution in [2.24, 2.45) is 5.92 Å². The van der Waals surface area contributed by atoms with Gasteiger partial charge in [-0.1, -0.05) is 31.9 Å². The molecule has 1 aliphatic carbocycles. The molecule has 106 valence electrons. The highest BCUT2D eigenvalue weighted by Crippen LogP contribution is 2.27. The standard InChI is InChI=1S/C16H21N3O/c1-2-11-19-14-10-6-5-9-13(14)17-16(19)18-15(20)12-7-3-4-8-12/h5-6,9-10,12H,2-4,7-8,11H2,1H3,(H,17,18,20). The predicted molar refractivity (Wildman–Crippen MR) is 80.6 cm³/mol. The molecule has 0 spiro atoms. The third-order valence-electron chi connectivity index (χ3n) is 4.06. The molecule has 1 heterocycles. The average molecular weight is 271 g/mol. The topological polar surface area (TPSA) is 46.9 Å². The van der Waals surface area contributed by atoms with Gasteiger partial charge >= 0.3 is 0 Å². The van der Waals surface area contributed by atoms with Gasteiger partial charge in [-0.25, -0.2) is 4.98 Å². The molecule has 0 radical (unpaired) electrons. The zero-order valence-corrected chi connectivity index (χ0v) is 11.9. The van der Waals surface area contributed by atoms with E-state index in [-0.39, 0.29) is 11.8 Å². The molecular weight excluding hydrogens is 250 g/mol. The van der Waals surface area contributed by atoms with E-state index >= 15 is 0 Å². The van der Waals surface area contributed by atoms with Gasteiger partial charge in [0.25, 0.3) is 0 Å². The van der Waals surface area contributed by atoms with Crippen LogP contribution in [-0.2, 0) is 11.3 Å². The lowest BCUT2D eigenvalue weighted by molar-refractivity contribution is -0.119. The van der Waals surface area contributed by atoms with Gasteiger partial charge in [0.1, 0.15) is 0 Å². The van der Waals surface area contributed by atoms with Gasteiger partial charge in [0.2, 0.25) is 11.9 Å². The fraction of sp³-hybridized carbons (Fsp3) is 0.500. The van der Waals surface area contributed by atoms with E-state index in [1.807, 2.05) is 18.2 Å². The van der Waals surface area contributed by atoms with E-state index < -0.39 is 0 Å². The third-order valence-corrected chi connectivity index (χ3v) is 4.06. The van der Waals surface area contributed by atoms with E-state index in [0.717, 1.165) is 36.8 Å². The number of carbonyl (C=O) groups excluding carboxylic acids is 1. The van der Waals surface area contributed by atoms with Crippen LogP contribution in [0.2, 0.25) is 0 Å². The number of aryl methyl sites for hydroxylation is 1. The summed E-state index contributed by atoms with van der Waals surface area (Å²) in [5.74, 6) is 1.00. The Hall–Kier alpha value is -1.84. The number of nitrogens with zero attached hydrogens (tertiary/aromatic N) is 2. The lowest BCUT2D eigenvalue weighted by Crippen LogP contribution is -2.22. The second kappa shape index (κ2) is 5.65. The van der Waals surface area contributed by atoms with E-state index in [9.17, 15) is 4.79 Å². The highest BCUT2D eigenvalue weighted by atomic mass is 16.2. The smallest absolute Gasteiger partial charge is 0.229 e. The molecule has 1 aliphatic rings. The van der Waals surface area contributed by atoms with Crippen LogP contribution < -0.4 is 5.32 Å². The summed E-state index contributed by atoms with van der Waals surface area (Å²) in [6.45, 7) is 3.01. The molecular formula is C16H21N3O. The molecule has 2 aromatic rings. The van der Waals surface area contributed by atoms with Gasteiger partial charge in [0.05, 0.1) is 11.0 Å². The van der Waals surface area contributed by atoms with Crippen LogP contribution in [0.3, 0.4) is 0 Å². The van der Waals surface area contributed by atoms with Gasteiger partial charge in [-0.3, -0.25) is 10.1 Å². The van der Waals surface area contributed by atoms with E-state index in [0.29, 0.717) is 5.95 Å². The molecule has 1 N–H and O–H groups in total. The van der Waals surface area contributed by atoms with Crippen LogP contribution >= 0.6 is 0 Å². The quantitative estimate of drug-likeness (QED) is 0.924. The zero-order chi connectivity index (χ0) is 13.9. The number of aromatic nitrogens is 2. The van der Waals surface area contributed by atoms with Crippen molar-refractivity contribution in [1.29, 1.82) is 0 Å². The van der Waals surface area contributed by atoms with Crippen molar-refractivity contribution in [3.8, 4) is 0 Å². The molecule has 1 aromatic carbocycles. The van der Waals surface area contributed by atoms with E-state index in [4.69, 9.17) is 0 Å². The number of anilines is 1. The largest absolute Gasteiger partial charge is 0.310 e. The maximum Gasteiger partial charge on any atom is 0.229 e. The van der Waals surface area contributed by atoms with Crippen molar-refractivity contribution in [2.75, 3.05) is 5.32 Å². The minimum atomic E-state index is 0.134. The molecule has 0 atom stereocenters. The summed E-state index contributed by atoms with van der Waals surface area (Å²) in [4.78, 5) is 16.9. The first-order valence-corrected chi connectivity index (χ1v) is 7.55. The van der Waals surface area contributed by atoms with Crippen molar-refractivity contribution in [3.05, 3.63) is 24.3 Å². The lowest BCUT2D eigenvalue weighted by atomic mass is 10.1. The summed E-state index contributed by atoms with van der Waals surface area (Å²) in [6, 6.07) is 8.04. The molecule has 1 amide bonds. The molecule has 0 saturated heterocycles. The number of benzene rings is 1. The van der Waals surface area contributed by atoms with E-state index in [1.165, 1.54) is 12.8 Å². The van der Waals surface area contributed by atoms with Crippen LogP contribution in [0, 0.1) is 5.92 Å². The van der Waals surface area contributed by atoms with Crippen LogP contribution in [0.4, 0.5) is 5.95 Å².